The van der Waals surface area contributed by atoms with E-state index in [4.69, 9.17) is 11.6 Å². The van der Waals surface area contributed by atoms with Crippen molar-refractivity contribution >= 4 is 33.4 Å². The number of fused-ring (bicyclic) bond motifs is 2. The first-order valence-electron chi connectivity index (χ1n) is 6.14. The Morgan fingerprint density at radius 2 is 1.95 bits per heavy atom. The van der Waals surface area contributed by atoms with Crippen LogP contribution in [0.1, 0.15) is 0 Å². The van der Waals surface area contributed by atoms with Crippen LogP contribution in [0, 0.1) is 5.82 Å². The molecule has 0 radical (unpaired) electrons. The van der Waals surface area contributed by atoms with Crippen LogP contribution in [0.4, 0.5) is 4.39 Å². The number of halogens is 2. The molecule has 0 unspecified atom stereocenters. The molecule has 3 rings (SSSR count). The minimum absolute atomic E-state index is 0.188. The Hall–Kier alpha value is -2.13. The number of aromatic nitrogens is 1. The SMILES string of the molecule is C=CCn1c2ccc(F)cc2c(=O)c2ccc(Cl)cc21. The van der Waals surface area contributed by atoms with Gasteiger partial charge in [-0.25, -0.2) is 4.39 Å². The quantitative estimate of drug-likeness (QED) is 0.513. The number of nitrogens with zero attached hydrogens (tertiary/aromatic N) is 1. The molecule has 0 fully saturated rings. The first kappa shape index (κ1) is 12.9. The van der Waals surface area contributed by atoms with E-state index in [2.05, 4.69) is 6.58 Å². The van der Waals surface area contributed by atoms with Gasteiger partial charge in [-0.3, -0.25) is 4.79 Å². The smallest absolute Gasteiger partial charge is 0.197 e. The summed E-state index contributed by atoms with van der Waals surface area (Å²) in [6, 6.07) is 9.29. The van der Waals surface area contributed by atoms with Gasteiger partial charge in [-0.15, -0.1) is 6.58 Å². The van der Waals surface area contributed by atoms with Crippen molar-refractivity contribution in [2.45, 2.75) is 6.54 Å². The van der Waals surface area contributed by atoms with Gasteiger partial charge < -0.3 is 4.57 Å². The van der Waals surface area contributed by atoms with Crippen LogP contribution in [0.15, 0.2) is 53.8 Å². The number of benzene rings is 2. The Morgan fingerprint density at radius 3 is 2.70 bits per heavy atom. The number of pyridine rings is 1. The zero-order valence-electron chi connectivity index (χ0n) is 10.6. The maximum Gasteiger partial charge on any atom is 0.197 e. The Bertz CT molecular complexity index is 898. The second-order valence-electron chi connectivity index (χ2n) is 4.55. The predicted molar refractivity (Wildman–Crippen MR) is 80.9 cm³/mol. The van der Waals surface area contributed by atoms with Crippen molar-refractivity contribution in [3.63, 3.8) is 0 Å². The van der Waals surface area contributed by atoms with Crippen molar-refractivity contribution < 1.29 is 4.39 Å². The van der Waals surface area contributed by atoms with Crippen LogP contribution in [0.5, 0.6) is 0 Å². The average Bonchev–Trinajstić information content (AvgIpc) is 2.43. The molecule has 0 bridgehead atoms. The molecule has 4 heteroatoms. The van der Waals surface area contributed by atoms with E-state index >= 15 is 0 Å². The first-order chi connectivity index (χ1) is 9.61. The van der Waals surface area contributed by atoms with Crippen LogP contribution in [0.25, 0.3) is 21.8 Å². The van der Waals surface area contributed by atoms with Gasteiger partial charge in [0.25, 0.3) is 0 Å². The van der Waals surface area contributed by atoms with Crippen LogP contribution in [-0.4, -0.2) is 4.57 Å². The normalized spacial score (nSPS) is 11.1. The van der Waals surface area contributed by atoms with E-state index in [1.807, 2.05) is 4.57 Å². The molecule has 0 amide bonds. The molecule has 0 saturated carbocycles. The van der Waals surface area contributed by atoms with Gasteiger partial charge in [-0.05, 0) is 36.4 Å². The van der Waals surface area contributed by atoms with Gasteiger partial charge >= 0.3 is 0 Å². The summed E-state index contributed by atoms with van der Waals surface area (Å²) in [4.78, 5) is 12.5. The molecule has 0 atom stereocenters. The molecular weight excluding hydrogens is 277 g/mol. The Balaban J connectivity index is 2.61. The van der Waals surface area contributed by atoms with Gasteiger partial charge in [0.1, 0.15) is 5.82 Å². The summed E-state index contributed by atoms with van der Waals surface area (Å²) < 4.78 is 15.3. The summed E-state index contributed by atoms with van der Waals surface area (Å²) in [5, 5.41) is 1.44. The topological polar surface area (TPSA) is 22.0 Å². The van der Waals surface area contributed by atoms with Crippen LogP contribution in [0.2, 0.25) is 5.02 Å². The van der Waals surface area contributed by atoms with Crippen LogP contribution >= 0.6 is 11.6 Å². The molecule has 100 valence electrons. The van der Waals surface area contributed by atoms with E-state index in [0.29, 0.717) is 27.9 Å². The van der Waals surface area contributed by atoms with Crippen molar-refractivity contribution in [2.75, 3.05) is 0 Å². The fourth-order valence-corrected chi connectivity index (χ4v) is 2.61. The number of hydrogen-bond acceptors (Lipinski definition) is 1. The van der Waals surface area contributed by atoms with Crippen molar-refractivity contribution in [3.8, 4) is 0 Å². The van der Waals surface area contributed by atoms with Crippen molar-refractivity contribution in [2.24, 2.45) is 0 Å². The lowest BCUT2D eigenvalue weighted by atomic mass is 10.1. The summed E-state index contributed by atoms with van der Waals surface area (Å²) in [6.45, 7) is 4.24. The van der Waals surface area contributed by atoms with E-state index in [-0.39, 0.29) is 5.43 Å². The van der Waals surface area contributed by atoms with E-state index in [1.165, 1.54) is 12.1 Å². The summed E-state index contributed by atoms with van der Waals surface area (Å²) in [5.41, 5.74) is 1.21. The van der Waals surface area contributed by atoms with Gasteiger partial charge in [0, 0.05) is 22.3 Å². The zero-order chi connectivity index (χ0) is 14.3. The van der Waals surface area contributed by atoms with E-state index < -0.39 is 5.82 Å². The predicted octanol–water partition coefficient (Wildman–Crippen LogP) is 4.13. The molecule has 0 saturated heterocycles. The lowest BCUT2D eigenvalue weighted by Gasteiger charge is -2.13. The van der Waals surface area contributed by atoms with Crippen molar-refractivity contribution in [3.05, 3.63) is 70.1 Å². The second-order valence-corrected chi connectivity index (χ2v) is 4.99. The highest BCUT2D eigenvalue weighted by Crippen LogP contribution is 2.23. The monoisotopic (exact) mass is 287 g/mol. The highest BCUT2D eigenvalue weighted by molar-refractivity contribution is 6.31. The standard InChI is InChI=1S/C16H11ClFNO/c1-2-7-19-14-6-4-11(18)9-13(14)16(20)12-5-3-10(17)8-15(12)19/h2-6,8-9H,1,7H2. The molecule has 0 spiro atoms. The van der Waals surface area contributed by atoms with Gasteiger partial charge in [0.2, 0.25) is 0 Å². The second kappa shape index (κ2) is 4.76. The Labute approximate surface area is 119 Å². The number of rotatable bonds is 2. The Morgan fingerprint density at radius 1 is 1.15 bits per heavy atom. The van der Waals surface area contributed by atoms with E-state index in [0.717, 1.165) is 5.52 Å². The molecule has 0 aliphatic rings. The molecule has 0 aliphatic carbocycles. The maximum atomic E-state index is 13.4. The lowest BCUT2D eigenvalue weighted by Crippen LogP contribution is -2.11. The minimum atomic E-state index is -0.423. The van der Waals surface area contributed by atoms with Gasteiger partial charge in [-0.2, -0.15) is 0 Å². The molecular formula is C16H11ClFNO. The minimum Gasteiger partial charge on any atom is -0.336 e. The molecule has 0 aliphatic heterocycles. The lowest BCUT2D eigenvalue weighted by molar-refractivity contribution is 0.629. The van der Waals surface area contributed by atoms with Gasteiger partial charge in [-0.1, -0.05) is 17.7 Å². The summed E-state index contributed by atoms with van der Waals surface area (Å²) in [7, 11) is 0. The molecule has 2 aromatic carbocycles. The molecule has 1 aromatic heterocycles. The molecule has 0 N–H and O–H groups in total. The highest BCUT2D eigenvalue weighted by atomic mass is 35.5. The van der Waals surface area contributed by atoms with Gasteiger partial charge in [0.05, 0.1) is 11.0 Å². The fraction of sp³-hybridized carbons (Fsp3) is 0.0625. The van der Waals surface area contributed by atoms with Crippen molar-refractivity contribution in [1.82, 2.24) is 4.57 Å². The molecule has 20 heavy (non-hydrogen) atoms. The third-order valence-electron chi connectivity index (χ3n) is 3.30. The Kier molecular flexibility index (Phi) is 3.07. The number of hydrogen-bond donors (Lipinski definition) is 0. The van der Waals surface area contributed by atoms with E-state index in [9.17, 15) is 9.18 Å². The largest absolute Gasteiger partial charge is 0.336 e. The third kappa shape index (κ3) is 1.91. The maximum absolute atomic E-state index is 13.4. The van der Waals surface area contributed by atoms with Crippen molar-refractivity contribution in [1.29, 1.82) is 0 Å². The first-order valence-corrected chi connectivity index (χ1v) is 6.52. The molecule has 1 heterocycles. The average molecular weight is 288 g/mol. The molecule has 3 aromatic rings. The van der Waals surface area contributed by atoms with Crippen LogP contribution in [-0.2, 0) is 6.54 Å². The van der Waals surface area contributed by atoms with E-state index in [1.54, 1.807) is 30.3 Å². The number of allylic oxidation sites excluding steroid dienone is 1. The summed E-state index contributed by atoms with van der Waals surface area (Å²) in [5.74, 6) is -0.423. The fourth-order valence-electron chi connectivity index (χ4n) is 2.45. The van der Waals surface area contributed by atoms with Crippen LogP contribution < -0.4 is 5.43 Å². The zero-order valence-corrected chi connectivity index (χ0v) is 11.3. The summed E-state index contributed by atoms with van der Waals surface area (Å²) in [6.07, 6.45) is 1.73. The van der Waals surface area contributed by atoms with Gasteiger partial charge in [0.15, 0.2) is 5.43 Å². The summed E-state index contributed by atoms with van der Waals surface area (Å²) >= 11 is 6.02. The highest BCUT2D eigenvalue weighted by Gasteiger charge is 2.11. The third-order valence-corrected chi connectivity index (χ3v) is 3.54. The van der Waals surface area contributed by atoms with Crippen LogP contribution in [0.3, 0.4) is 0 Å². The molecule has 2 nitrogen and oxygen atoms in total.